The second-order valence-corrected chi connectivity index (χ2v) is 7.97. The molecule has 0 saturated carbocycles. The zero-order chi connectivity index (χ0) is 16.9. The van der Waals surface area contributed by atoms with Gasteiger partial charge in [-0.2, -0.15) is 0 Å². The van der Waals surface area contributed by atoms with Crippen LogP contribution in [-0.2, 0) is 13.0 Å². The van der Waals surface area contributed by atoms with Crippen LogP contribution in [0.3, 0.4) is 0 Å². The van der Waals surface area contributed by atoms with Gasteiger partial charge in [0.05, 0.1) is 6.54 Å². The number of aliphatic imine (C=N–C) groups is 1. The summed E-state index contributed by atoms with van der Waals surface area (Å²) in [5, 5.41) is 5.54. The minimum absolute atomic E-state index is 0. The number of fused-ring (bicyclic) bond motifs is 1. The van der Waals surface area contributed by atoms with E-state index in [1.807, 2.05) is 11.3 Å². The van der Waals surface area contributed by atoms with Gasteiger partial charge in [-0.25, -0.2) is 0 Å². The highest BCUT2D eigenvalue weighted by molar-refractivity contribution is 14.0. The van der Waals surface area contributed by atoms with Gasteiger partial charge in [0.25, 0.3) is 0 Å². The number of hydrogen-bond acceptors (Lipinski definition) is 4. The maximum Gasteiger partial charge on any atom is 0.188 e. The molecule has 0 amide bonds. The normalized spacial score (nSPS) is 23.1. The Hall–Kier alpha value is -0.380. The van der Waals surface area contributed by atoms with Crippen LogP contribution in [0.5, 0.6) is 0 Å². The first-order valence-electron chi connectivity index (χ1n) is 9.24. The molecule has 3 heterocycles. The molecule has 2 aliphatic heterocycles. The van der Waals surface area contributed by atoms with Gasteiger partial charge < -0.3 is 11.1 Å². The standard InChI is InChI=1S/C18H31N5S.HI/c1-3-22-8-4-5-16(22)12-21-18(19)20-11-14(2)23-9-6-17-15(13-23)7-10-24-17;/h7,10,14,16H,3-6,8-9,11-13H2,1-2H3,(H3,19,20,21);1H. The fourth-order valence-corrected chi connectivity index (χ4v) is 4.70. The molecule has 5 nitrogen and oxygen atoms in total. The molecule has 7 heteroatoms. The lowest BCUT2D eigenvalue weighted by Crippen LogP contribution is -2.43. The van der Waals surface area contributed by atoms with E-state index >= 15 is 0 Å². The third kappa shape index (κ3) is 5.55. The van der Waals surface area contributed by atoms with Gasteiger partial charge in [-0.1, -0.05) is 6.92 Å². The zero-order valence-electron chi connectivity index (χ0n) is 15.4. The summed E-state index contributed by atoms with van der Waals surface area (Å²) in [6.45, 7) is 10.7. The molecule has 0 radical (unpaired) electrons. The Morgan fingerprint density at radius 1 is 1.48 bits per heavy atom. The van der Waals surface area contributed by atoms with Crippen molar-refractivity contribution < 1.29 is 0 Å². The molecule has 3 rings (SSSR count). The Balaban J connectivity index is 0.00000225. The molecule has 1 saturated heterocycles. The number of guanidine groups is 1. The molecule has 142 valence electrons. The van der Waals surface area contributed by atoms with Crippen LogP contribution in [0.2, 0.25) is 0 Å². The van der Waals surface area contributed by atoms with E-state index in [0.29, 0.717) is 18.0 Å². The number of likely N-dealkylation sites (N-methyl/N-ethyl adjacent to an activating group) is 1. The first-order chi connectivity index (χ1) is 11.7. The van der Waals surface area contributed by atoms with E-state index in [9.17, 15) is 0 Å². The predicted octanol–water partition coefficient (Wildman–Crippen LogP) is 2.50. The van der Waals surface area contributed by atoms with Crippen LogP contribution in [-0.4, -0.2) is 60.6 Å². The number of nitrogens with one attached hydrogen (secondary N) is 1. The topological polar surface area (TPSA) is 56.9 Å². The van der Waals surface area contributed by atoms with E-state index in [1.54, 1.807) is 4.88 Å². The Morgan fingerprint density at radius 2 is 2.32 bits per heavy atom. The van der Waals surface area contributed by atoms with E-state index in [1.165, 1.54) is 31.4 Å². The van der Waals surface area contributed by atoms with Gasteiger partial charge in [0.2, 0.25) is 0 Å². The third-order valence-corrected chi connectivity index (χ3v) is 6.43. The smallest absolute Gasteiger partial charge is 0.188 e. The first-order valence-corrected chi connectivity index (χ1v) is 10.1. The molecular weight excluding hydrogens is 445 g/mol. The fraction of sp³-hybridized carbons (Fsp3) is 0.722. The molecule has 1 aromatic rings. The van der Waals surface area contributed by atoms with Gasteiger partial charge in [0.15, 0.2) is 5.96 Å². The largest absolute Gasteiger partial charge is 0.370 e. The molecular formula is C18H32IN5S. The Morgan fingerprint density at radius 3 is 3.12 bits per heavy atom. The summed E-state index contributed by atoms with van der Waals surface area (Å²) in [5.74, 6) is 0.595. The van der Waals surface area contributed by atoms with Crippen molar-refractivity contribution in [1.82, 2.24) is 15.1 Å². The molecule has 0 bridgehead atoms. The monoisotopic (exact) mass is 477 g/mol. The van der Waals surface area contributed by atoms with Crippen molar-refractivity contribution >= 4 is 41.3 Å². The van der Waals surface area contributed by atoms with Crippen LogP contribution < -0.4 is 11.1 Å². The van der Waals surface area contributed by atoms with Crippen molar-refractivity contribution in [2.24, 2.45) is 10.7 Å². The molecule has 25 heavy (non-hydrogen) atoms. The van der Waals surface area contributed by atoms with Gasteiger partial charge in [-0.15, -0.1) is 35.3 Å². The molecule has 2 unspecified atom stereocenters. The van der Waals surface area contributed by atoms with E-state index in [2.05, 4.69) is 45.4 Å². The van der Waals surface area contributed by atoms with Crippen LogP contribution in [0.4, 0.5) is 0 Å². The van der Waals surface area contributed by atoms with Crippen molar-refractivity contribution in [3.05, 3.63) is 21.9 Å². The lowest BCUT2D eigenvalue weighted by Gasteiger charge is -2.31. The lowest BCUT2D eigenvalue weighted by molar-refractivity contribution is 0.197. The maximum atomic E-state index is 6.08. The highest BCUT2D eigenvalue weighted by Crippen LogP contribution is 2.25. The number of nitrogens with zero attached hydrogens (tertiary/aromatic N) is 3. The first kappa shape index (κ1) is 20.9. The SMILES string of the molecule is CCN1CCCC1CNC(N)=NCC(C)N1CCc2sccc2C1.I. The molecule has 2 atom stereocenters. The van der Waals surface area contributed by atoms with Crippen LogP contribution in [0.15, 0.2) is 16.4 Å². The Kier molecular flexibility index (Phi) is 8.44. The molecule has 1 fully saturated rings. The quantitative estimate of drug-likeness (QED) is 0.376. The van der Waals surface area contributed by atoms with Crippen LogP contribution >= 0.6 is 35.3 Å². The summed E-state index contributed by atoms with van der Waals surface area (Å²) in [7, 11) is 0. The predicted molar refractivity (Wildman–Crippen MR) is 118 cm³/mol. The van der Waals surface area contributed by atoms with Crippen LogP contribution in [0.1, 0.15) is 37.1 Å². The average Bonchev–Trinajstić information content (AvgIpc) is 3.25. The summed E-state index contributed by atoms with van der Waals surface area (Å²) in [6, 6.07) is 3.30. The molecule has 3 N–H and O–H groups in total. The molecule has 1 aromatic heterocycles. The average molecular weight is 477 g/mol. The van der Waals surface area contributed by atoms with Gasteiger partial charge in [-0.3, -0.25) is 14.8 Å². The van der Waals surface area contributed by atoms with Crippen molar-refractivity contribution in [3.8, 4) is 0 Å². The number of halogens is 1. The van der Waals surface area contributed by atoms with Crippen molar-refractivity contribution in [2.45, 2.75) is 51.7 Å². The summed E-state index contributed by atoms with van der Waals surface area (Å²) in [4.78, 5) is 11.2. The zero-order valence-corrected chi connectivity index (χ0v) is 18.6. The summed E-state index contributed by atoms with van der Waals surface area (Å²) in [5.41, 5.74) is 7.57. The van der Waals surface area contributed by atoms with Crippen molar-refractivity contribution in [1.29, 1.82) is 0 Å². The molecule has 0 aromatic carbocycles. The maximum absolute atomic E-state index is 6.08. The molecule has 0 spiro atoms. The number of hydrogen-bond donors (Lipinski definition) is 2. The Labute approximate surface area is 173 Å². The van der Waals surface area contributed by atoms with E-state index < -0.39 is 0 Å². The minimum atomic E-state index is 0. The minimum Gasteiger partial charge on any atom is -0.370 e. The number of nitrogens with two attached hydrogens (primary N) is 1. The van der Waals surface area contributed by atoms with Crippen molar-refractivity contribution in [2.75, 3.05) is 32.7 Å². The van der Waals surface area contributed by atoms with E-state index in [-0.39, 0.29) is 24.0 Å². The second-order valence-electron chi connectivity index (χ2n) is 6.97. The third-order valence-electron chi connectivity index (χ3n) is 5.41. The molecule has 2 aliphatic rings. The molecule has 0 aliphatic carbocycles. The van der Waals surface area contributed by atoms with Crippen molar-refractivity contribution in [3.63, 3.8) is 0 Å². The fourth-order valence-electron chi connectivity index (χ4n) is 3.81. The highest BCUT2D eigenvalue weighted by atomic mass is 127. The summed E-state index contributed by atoms with van der Waals surface area (Å²) < 4.78 is 0. The van der Waals surface area contributed by atoms with Crippen LogP contribution in [0, 0.1) is 0 Å². The number of rotatable bonds is 6. The number of thiophene rings is 1. The van der Waals surface area contributed by atoms with E-state index in [0.717, 1.165) is 32.7 Å². The van der Waals surface area contributed by atoms with Gasteiger partial charge >= 0.3 is 0 Å². The number of likely N-dealkylation sites (tertiary alicyclic amines) is 1. The lowest BCUT2D eigenvalue weighted by atomic mass is 10.1. The van der Waals surface area contributed by atoms with Gasteiger partial charge in [0.1, 0.15) is 0 Å². The Bertz CT molecular complexity index is 561. The van der Waals surface area contributed by atoms with Crippen LogP contribution in [0.25, 0.3) is 0 Å². The summed E-state index contributed by atoms with van der Waals surface area (Å²) in [6.07, 6.45) is 3.73. The van der Waals surface area contributed by atoms with Gasteiger partial charge in [-0.05, 0) is 56.3 Å². The van der Waals surface area contributed by atoms with Gasteiger partial charge in [0, 0.05) is 36.6 Å². The highest BCUT2D eigenvalue weighted by Gasteiger charge is 2.23. The van der Waals surface area contributed by atoms with E-state index in [4.69, 9.17) is 5.73 Å². The summed E-state index contributed by atoms with van der Waals surface area (Å²) >= 11 is 1.89. The second kappa shape index (κ2) is 10.1.